The van der Waals surface area contributed by atoms with Crippen LogP contribution in [0.5, 0.6) is 0 Å². The van der Waals surface area contributed by atoms with Crippen LogP contribution >= 0.6 is 0 Å². The van der Waals surface area contributed by atoms with Crippen LogP contribution in [-0.4, -0.2) is 42.6 Å². The number of amides is 1. The van der Waals surface area contributed by atoms with E-state index in [2.05, 4.69) is 47.5 Å². The Bertz CT molecular complexity index is 519. The molecule has 2 heterocycles. The second-order valence-corrected chi connectivity index (χ2v) is 6.73. The third-order valence-electron chi connectivity index (χ3n) is 5.20. The zero-order valence-corrected chi connectivity index (χ0v) is 13.5. The Hall–Kier alpha value is -1.39. The van der Waals surface area contributed by atoms with E-state index in [4.69, 9.17) is 4.74 Å². The van der Waals surface area contributed by atoms with Crippen molar-refractivity contribution in [1.29, 1.82) is 0 Å². The lowest BCUT2D eigenvalue weighted by atomic mass is 9.88. The number of likely N-dealkylation sites (tertiary alicyclic amines) is 1. The molecule has 0 saturated carbocycles. The Kier molecular flexibility index (Phi) is 4.50. The van der Waals surface area contributed by atoms with Crippen molar-refractivity contribution in [3.8, 4) is 0 Å². The highest BCUT2D eigenvalue weighted by atomic mass is 16.5. The van der Waals surface area contributed by atoms with Crippen molar-refractivity contribution < 1.29 is 9.53 Å². The molecule has 1 aromatic carbocycles. The molecule has 1 aromatic rings. The fraction of sp³-hybridized carbons (Fsp3) is 0.611. The number of benzene rings is 1. The van der Waals surface area contributed by atoms with E-state index in [1.165, 1.54) is 5.56 Å². The van der Waals surface area contributed by atoms with Gasteiger partial charge in [-0.2, -0.15) is 0 Å². The van der Waals surface area contributed by atoms with Crippen molar-refractivity contribution in [2.75, 3.05) is 20.3 Å². The molecule has 0 spiro atoms. The van der Waals surface area contributed by atoms with Gasteiger partial charge in [0.1, 0.15) is 0 Å². The third-order valence-corrected chi connectivity index (χ3v) is 5.20. The monoisotopic (exact) mass is 302 g/mol. The van der Waals surface area contributed by atoms with E-state index < -0.39 is 0 Å². The van der Waals surface area contributed by atoms with Gasteiger partial charge in [-0.3, -0.25) is 9.69 Å². The number of ether oxygens (including phenoxy) is 1. The fourth-order valence-corrected chi connectivity index (χ4v) is 4.19. The summed E-state index contributed by atoms with van der Waals surface area (Å²) in [5, 5.41) is 3.30. The summed E-state index contributed by atoms with van der Waals surface area (Å²) in [6.45, 7) is 3.85. The number of rotatable bonds is 4. The summed E-state index contributed by atoms with van der Waals surface area (Å²) in [6.07, 6.45) is 3.66. The summed E-state index contributed by atoms with van der Waals surface area (Å²) in [5.74, 6) is 0.199. The van der Waals surface area contributed by atoms with Crippen LogP contribution < -0.4 is 5.32 Å². The molecule has 0 aliphatic carbocycles. The molecule has 4 heteroatoms. The highest BCUT2D eigenvalue weighted by Crippen LogP contribution is 2.44. The SMILES string of the molecule is COCCN1[C@H]2CCCC(=O)N[C@@]2(C)C[C@H]1c1ccccc1. The van der Waals surface area contributed by atoms with Gasteiger partial charge in [0, 0.05) is 32.2 Å². The number of nitrogens with zero attached hydrogens (tertiary/aromatic N) is 1. The largest absolute Gasteiger partial charge is 0.383 e. The Morgan fingerprint density at radius 2 is 2.14 bits per heavy atom. The Labute approximate surface area is 132 Å². The molecule has 4 nitrogen and oxygen atoms in total. The molecule has 2 fully saturated rings. The van der Waals surface area contributed by atoms with Gasteiger partial charge in [0.25, 0.3) is 0 Å². The maximum atomic E-state index is 12.0. The number of carbonyl (C=O) groups is 1. The van der Waals surface area contributed by atoms with E-state index in [0.29, 0.717) is 18.5 Å². The lowest BCUT2D eigenvalue weighted by Crippen LogP contribution is -2.53. The van der Waals surface area contributed by atoms with Crippen molar-refractivity contribution in [2.24, 2.45) is 0 Å². The van der Waals surface area contributed by atoms with E-state index in [-0.39, 0.29) is 11.4 Å². The van der Waals surface area contributed by atoms with Crippen LogP contribution in [0.4, 0.5) is 0 Å². The van der Waals surface area contributed by atoms with Crippen molar-refractivity contribution in [3.63, 3.8) is 0 Å². The maximum Gasteiger partial charge on any atom is 0.220 e. The average Bonchev–Trinajstić information content (AvgIpc) is 2.69. The molecule has 2 aliphatic heterocycles. The molecule has 1 N–H and O–H groups in total. The number of nitrogens with one attached hydrogen (secondary N) is 1. The van der Waals surface area contributed by atoms with Gasteiger partial charge in [0.2, 0.25) is 5.91 Å². The zero-order chi connectivity index (χ0) is 15.6. The molecule has 0 bridgehead atoms. The lowest BCUT2D eigenvalue weighted by Gasteiger charge is -2.35. The van der Waals surface area contributed by atoms with Crippen LogP contribution in [0.3, 0.4) is 0 Å². The predicted molar refractivity (Wildman–Crippen MR) is 86.6 cm³/mol. The summed E-state index contributed by atoms with van der Waals surface area (Å²) < 4.78 is 5.32. The highest BCUT2D eigenvalue weighted by Gasteiger charge is 2.50. The zero-order valence-electron chi connectivity index (χ0n) is 13.5. The molecule has 0 radical (unpaired) electrons. The van der Waals surface area contributed by atoms with Crippen molar-refractivity contribution in [3.05, 3.63) is 35.9 Å². The lowest BCUT2D eigenvalue weighted by molar-refractivity contribution is -0.122. The summed E-state index contributed by atoms with van der Waals surface area (Å²) in [4.78, 5) is 14.6. The topological polar surface area (TPSA) is 41.6 Å². The van der Waals surface area contributed by atoms with Crippen LogP contribution in [0.25, 0.3) is 0 Å². The molecular formula is C18H26N2O2. The van der Waals surface area contributed by atoms with Gasteiger partial charge in [-0.15, -0.1) is 0 Å². The van der Waals surface area contributed by atoms with E-state index in [1.807, 2.05) is 0 Å². The van der Waals surface area contributed by atoms with Crippen LogP contribution in [0.15, 0.2) is 30.3 Å². The first-order valence-corrected chi connectivity index (χ1v) is 8.25. The molecule has 0 aromatic heterocycles. The first kappa shape index (κ1) is 15.5. The van der Waals surface area contributed by atoms with E-state index in [0.717, 1.165) is 32.4 Å². The average molecular weight is 302 g/mol. The molecule has 3 rings (SSSR count). The van der Waals surface area contributed by atoms with E-state index in [1.54, 1.807) is 7.11 Å². The maximum absolute atomic E-state index is 12.0. The van der Waals surface area contributed by atoms with Gasteiger partial charge in [0.15, 0.2) is 0 Å². The predicted octanol–water partition coefficient (Wildman–Crippen LogP) is 2.51. The summed E-state index contributed by atoms with van der Waals surface area (Å²) in [6, 6.07) is 11.4. The standard InChI is InChI=1S/C18H26N2O2/c1-18-13-15(14-7-4-3-5-8-14)20(11-12-22-2)16(18)9-6-10-17(21)19-18/h3-5,7-8,15-16H,6,9-13H2,1-2H3,(H,19,21)/t15-,16-,18-/m0/s1. The summed E-state index contributed by atoms with van der Waals surface area (Å²) in [5.41, 5.74) is 1.20. The van der Waals surface area contributed by atoms with Gasteiger partial charge in [0.05, 0.1) is 12.1 Å². The minimum Gasteiger partial charge on any atom is -0.383 e. The fourth-order valence-electron chi connectivity index (χ4n) is 4.19. The van der Waals surface area contributed by atoms with Gasteiger partial charge in [-0.25, -0.2) is 0 Å². The molecule has 2 aliphatic rings. The smallest absolute Gasteiger partial charge is 0.220 e. The van der Waals surface area contributed by atoms with Crippen LogP contribution in [0.1, 0.15) is 44.2 Å². The Morgan fingerprint density at radius 1 is 1.36 bits per heavy atom. The van der Waals surface area contributed by atoms with Gasteiger partial charge in [-0.05, 0) is 31.7 Å². The van der Waals surface area contributed by atoms with Gasteiger partial charge < -0.3 is 10.1 Å². The summed E-state index contributed by atoms with van der Waals surface area (Å²) in [7, 11) is 1.75. The Balaban J connectivity index is 1.91. The minimum atomic E-state index is -0.137. The molecular weight excluding hydrogens is 276 g/mol. The first-order chi connectivity index (χ1) is 10.6. The Morgan fingerprint density at radius 3 is 2.86 bits per heavy atom. The molecule has 120 valence electrons. The van der Waals surface area contributed by atoms with Crippen molar-refractivity contribution >= 4 is 5.91 Å². The second kappa shape index (κ2) is 6.39. The number of hydrogen-bond acceptors (Lipinski definition) is 3. The van der Waals surface area contributed by atoms with Crippen LogP contribution in [0, 0.1) is 0 Å². The van der Waals surface area contributed by atoms with Crippen LogP contribution in [0.2, 0.25) is 0 Å². The number of fused-ring (bicyclic) bond motifs is 1. The normalized spacial score (nSPS) is 32.4. The van der Waals surface area contributed by atoms with Crippen molar-refractivity contribution in [2.45, 2.75) is 50.2 Å². The quantitative estimate of drug-likeness (QED) is 0.929. The number of methoxy groups -OCH3 is 1. The van der Waals surface area contributed by atoms with Crippen LogP contribution in [-0.2, 0) is 9.53 Å². The minimum absolute atomic E-state index is 0.137. The molecule has 1 amide bonds. The highest BCUT2D eigenvalue weighted by molar-refractivity contribution is 5.77. The van der Waals surface area contributed by atoms with Gasteiger partial charge in [-0.1, -0.05) is 30.3 Å². The number of hydrogen-bond donors (Lipinski definition) is 1. The molecule has 2 saturated heterocycles. The molecule has 22 heavy (non-hydrogen) atoms. The number of carbonyl (C=O) groups excluding carboxylic acids is 1. The first-order valence-electron chi connectivity index (χ1n) is 8.25. The molecule has 3 atom stereocenters. The summed E-state index contributed by atoms with van der Waals surface area (Å²) >= 11 is 0. The van der Waals surface area contributed by atoms with E-state index >= 15 is 0 Å². The molecule has 0 unspecified atom stereocenters. The van der Waals surface area contributed by atoms with Gasteiger partial charge >= 0.3 is 0 Å². The van der Waals surface area contributed by atoms with Crippen molar-refractivity contribution in [1.82, 2.24) is 10.2 Å². The second-order valence-electron chi connectivity index (χ2n) is 6.73. The van der Waals surface area contributed by atoms with E-state index in [9.17, 15) is 4.79 Å². The third kappa shape index (κ3) is 2.90.